The lowest BCUT2D eigenvalue weighted by molar-refractivity contribution is 0.0923. The lowest BCUT2D eigenvalue weighted by Gasteiger charge is -2.02. The highest BCUT2D eigenvalue weighted by Crippen LogP contribution is 2.16. The van der Waals surface area contributed by atoms with Crippen molar-refractivity contribution in [1.29, 1.82) is 0 Å². The molecule has 0 aromatic carbocycles. The van der Waals surface area contributed by atoms with Crippen molar-refractivity contribution < 1.29 is 4.79 Å². The van der Waals surface area contributed by atoms with Gasteiger partial charge >= 0.3 is 0 Å². The van der Waals surface area contributed by atoms with Gasteiger partial charge in [-0.1, -0.05) is 13.8 Å². The Morgan fingerprint density at radius 3 is 2.92 bits per heavy atom. The number of anilines is 1. The molecule has 66 valence electrons. The molecule has 1 unspecified atom stereocenters. The van der Waals surface area contributed by atoms with Gasteiger partial charge in [0, 0.05) is 11.3 Å². The molecule has 0 aliphatic rings. The molecule has 0 radical (unpaired) electrons. The maximum absolute atomic E-state index is 11.5. The van der Waals surface area contributed by atoms with Crippen LogP contribution in [0.2, 0.25) is 0 Å². The minimum absolute atomic E-state index is 0.0477. The number of Topliss-reactive ketones (excluding diaryl/α,β-unsaturated/α-hetero) is 1. The molecule has 0 spiro atoms. The van der Waals surface area contributed by atoms with Crippen LogP contribution in [-0.4, -0.2) is 10.8 Å². The SMILES string of the molecule is CCC(C)C(=O)c1csc(N)n1. The molecule has 0 saturated carbocycles. The van der Waals surface area contributed by atoms with Crippen LogP contribution in [0.3, 0.4) is 0 Å². The predicted octanol–water partition coefficient (Wildman–Crippen LogP) is 1.95. The highest BCUT2D eigenvalue weighted by atomic mass is 32.1. The van der Waals surface area contributed by atoms with Crippen molar-refractivity contribution in [1.82, 2.24) is 4.98 Å². The Kier molecular flexibility index (Phi) is 2.81. The van der Waals surface area contributed by atoms with Crippen molar-refractivity contribution >= 4 is 22.3 Å². The van der Waals surface area contributed by atoms with Gasteiger partial charge in [-0.25, -0.2) is 4.98 Å². The van der Waals surface area contributed by atoms with E-state index >= 15 is 0 Å². The number of hydrogen-bond acceptors (Lipinski definition) is 4. The number of hydrogen-bond donors (Lipinski definition) is 1. The molecule has 0 aliphatic carbocycles. The van der Waals surface area contributed by atoms with Crippen LogP contribution in [-0.2, 0) is 0 Å². The van der Waals surface area contributed by atoms with Gasteiger partial charge in [0.2, 0.25) is 0 Å². The summed E-state index contributed by atoms with van der Waals surface area (Å²) in [5.41, 5.74) is 5.92. The second kappa shape index (κ2) is 3.67. The molecule has 1 atom stereocenters. The molecule has 3 nitrogen and oxygen atoms in total. The first kappa shape index (κ1) is 9.19. The van der Waals surface area contributed by atoms with E-state index < -0.39 is 0 Å². The van der Waals surface area contributed by atoms with Gasteiger partial charge in [0.05, 0.1) is 0 Å². The maximum atomic E-state index is 11.5. The molecule has 0 bridgehead atoms. The Bertz CT molecular complexity index is 282. The monoisotopic (exact) mass is 184 g/mol. The topological polar surface area (TPSA) is 56.0 Å². The van der Waals surface area contributed by atoms with Crippen molar-refractivity contribution in [2.24, 2.45) is 5.92 Å². The van der Waals surface area contributed by atoms with Crippen molar-refractivity contribution in [3.63, 3.8) is 0 Å². The van der Waals surface area contributed by atoms with Crippen LogP contribution in [0.15, 0.2) is 5.38 Å². The lowest BCUT2D eigenvalue weighted by atomic mass is 10.0. The first-order valence-electron chi connectivity index (χ1n) is 3.90. The summed E-state index contributed by atoms with van der Waals surface area (Å²) in [6.45, 7) is 3.89. The van der Waals surface area contributed by atoms with Crippen molar-refractivity contribution in [3.8, 4) is 0 Å². The Morgan fingerprint density at radius 2 is 2.50 bits per heavy atom. The van der Waals surface area contributed by atoms with E-state index in [0.29, 0.717) is 10.8 Å². The first-order valence-corrected chi connectivity index (χ1v) is 4.78. The number of ketones is 1. The van der Waals surface area contributed by atoms with Crippen LogP contribution >= 0.6 is 11.3 Å². The zero-order valence-corrected chi connectivity index (χ0v) is 8.02. The lowest BCUT2D eigenvalue weighted by Crippen LogP contribution is -2.10. The summed E-state index contributed by atoms with van der Waals surface area (Å²) in [6, 6.07) is 0. The van der Waals surface area contributed by atoms with Crippen LogP contribution in [0.5, 0.6) is 0 Å². The summed E-state index contributed by atoms with van der Waals surface area (Å²) in [7, 11) is 0. The van der Waals surface area contributed by atoms with Gasteiger partial charge in [-0.15, -0.1) is 11.3 Å². The summed E-state index contributed by atoms with van der Waals surface area (Å²) in [4.78, 5) is 15.4. The fourth-order valence-corrected chi connectivity index (χ4v) is 1.39. The molecule has 1 aromatic rings. The molecule has 0 saturated heterocycles. The Morgan fingerprint density at radius 1 is 1.83 bits per heavy atom. The van der Waals surface area contributed by atoms with Gasteiger partial charge in [0.1, 0.15) is 5.69 Å². The zero-order chi connectivity index (χ0) is 9.14. The minimum atomic E-state index is 0.0477. The number of carbonyl (C=O) groups excluding carboxylic acids is 1. The van der Waals surface area contributed by atoms with E-state index in [1.54, 1.807) is 5.38 Å². The van der Waals surface area contributed by atoms with Crippen molar-refractivity contribution in [3.05, 3.63) is 11.1 Å². The Labute approximate surface area is 75.6 Å². The average molecular weight is 184 g/mol. The Hall–Kier alpha value is -0.900. The second-order valence-electron chi connectivity index (χ2n) is 2.74. The molecule has 1 rings (SSSR count). The quantitative estimate of drug-likeness (QED) is 0.730. The fourth-order valence-electron chi connectivity index (χ4n) is 0.839. The standard InChI is InChI=1S/C8H12N2OS/c1-3-5(2)7(11)6-4-12-8(9)10-6/h4-5H,3H2,1-2H3,(H2,9,10). The summed E-state index contributed by atoms with van der Waals surface area (Å²) in [5, 5.41) is 2.17. The maximum Gasteiger partial charge on any atom is 0.184 e. The third-order valence-corrected chi connectivity index (χ3v) is 2.51. The number of nitrogens with two attached hydrogens (primary N) is 1. The van der Waals surface area contributed by atoms with Crippen molar-refractivity contribution in [2.45, 2.75) is 20.3 Å². The highest BCUT2D eigenvalue weighted by molar-refractivity contribution is 7.13. The third kappa shape index (κ3) is 1.82. The number of carbonyl (C=O) groups is 1. The zero-order valence-electron chi connectivity index (χ0n) is 7.20. The molecule has 4 heteroatoms. The average Bonchev–Trinajstić information content (AvgIpc) is 2.49. The van der Waals surface area contributed by atoms with Gasteiger partial charge < -0.3 is 5.73 Å². The van der Waals surface area contributed by atoms with E-state index in [1.165, 1.54) is 11.3 Å². The molecule has 0 amide bonds. The van der Waals surface area contributed by atoms with Gasteiger partial charge in [0.15, 0.2) is 10.9 Å². The molecule has 1 heterocycles. The predicted molar refractivity (Wildman–Crippen MR) is 50.3 cm³/mol. The highest BCUT2D eigenvalue weighted by Gasteiger charge is 2.15. The number of aromatic nitrogens is 1. The van der Waals surface area contributed by atoms with Gasteiger partial charge in [0.25, 0.3) is 0 Å². The number of thiazole rings is 1. The number of nitrogen functional groups attached to an aromatic ring is 1. The third-order valence-electron chi connectivity index (χ3n) is 1.83. The van der Waals surface area contributed by atoms with E-state index in [-0.39, 0.29) is 11.7 Å². The summed E-state index contributed by atoms with van der Waals surface area (Å²) in [5.74, 6) is 0.136. The largest absolute Gasteiger partial charge is 0.375 e. The van der Waals surface area contributed by atoms with Gasteiger partial charge in [-0.05, 0) is 6.42 Å². The molecule has 2 N–H and O–H groups in total. The van der Waals surface area contributed by atoms with E-state index in [2.05, 4.69) is 4.98 Å². The summed E-state index contributed by atoms with van der Waals surface area (Å²) >= 11 is 1.31. The molecule has 12 heavy (non-hydrogen) atoms. The molecule has 0 aliphatic heterocycles. The van der Waals surface area contributed by atoms with Gasteiger partial charge in [-0.3, -0.25) is 4.79 Å². The number of nitrogens with zero attached hydrogens (tertiary/aromatic N) is 1. The van der Waals surface area contributed by atoms with Crippen LogP contribution in [0.1, 0.15) is 30.8 Å². The molecule has 0 fully saturated rings. The van der Waals surface area contributed by atoms with E-state index in [4.69, 9.17) is 5.73 Å². The molecular weight excluding hydrogens is 172 g/mol. The first-order chi connectivity index (χ1) is 5.65. The summed E-state index contributed by atoms with van der Waals surface area (Å²) < 4.78 is 0. The minimum Gasteiger partial charge on any atom is -0.375 e. The van der Waals surface area contributed by atoms with Gasteiger partial charge in [-0.2, -0.15) is 0 Å². The van der Waals surface area contributed by atoms with Crippen molar-refractivity contribution in [2.75, 3.05) is 5.73 Å². The molecule has 1 aromatic heterocycles. The van der Waals surface area contributed by atoms with E-state index in [1.807, 2.05) is 13.8 Å². The second-order valence-corrected chi connectivity index (χ2v) is 3.63. The smallest absolute Gasteiger partial charge is 0.184 e. The fraction of sp³-hybridized carbons (Fsp3) is 0.500. The summed E-state index contributed by atoms with van der Waals surface area (Å²) in [6.07, 6.45) is 0.844. The molecular formula is C8H12N2OS. The Balaban J connectivity index is 2.78. The van der Waals surface area contributed by atoms with Crippen LogP contribution in [0.25, 0.3) is 0 Å². The van der Waals surface area contributed by atoms with Crippen LogP contribution < -0.4 is 5.73 Å². The van der Waals surface area contributed by atoms with E-state index in [9.17, 15) is 4.79 Å². The van der Waals surface area contributed by atoms with E-state index in [0.717, 1.165) is 6.42 Å². The van der Waals surface area contributed by atoms with Crippen LogP contribution in [0.4, 0.5) is 5.13 Å². The normalized spacial score (nSPS) is 12.8. The van der Waals surface area contributed by atoms with Crippen LogP contribution in [0, 0.1) is 5.92 Å². The number of rotatable bonds is 3.